The van der Waals surface area contributed by atoms with Gasteiger partial charge in [0.25, 0.3) is 5.91 Å². The second-order valence-corrected chi connectivity index (χ2v) is 9.04. The summed E-state index contributed by atoms with van der Waals surface area (Å²) >= 11 is 0. The monoisotopic (exact) mass is 478 g/mol. The van der Waals surface area contributed by atoms with Gasteiger partial charge in [-0.2, -0.15) is 13.2 Å². The van der Waals surface area contributed by atoms with Crippen molar-refractivity contribution in [1.29, 1.82) is 0 Å². The average Bonchev–Trinajstić information content (AvgIpc) is 2.64. The summed E-state index contributed by atoms with van der Waals surface area (Å²) in [4.78, 5) is 21.2. The Labute approximate surface area is 170 Å². The molecule has 0 aromatic heterocycles. The zero-order valence-corrected chi connectivity index (χ0v) is 16.2. The molecule has 1 N–H and O–H groups in total. The molecule has 2 rings (SSSR count). The SMILES string of the molecule is CC(COc1cccc(C(F)(F)F)c1)(N=O)C(=O)Nc1cccc(S(F)(F)(F)(F)F)c1. The third-order valence-electron chi connectivity index (χ3n) is 3.91. The first kappa shape index (κ1) is 24.4. The third-order valence-corrected chi connectivity index (χ3v) is 5.05. The molecule has 0 spiro atoms. The molecule has 0 saturated carbocycles. The van der Waals surface area contributed by atoms with E-state index in [1.54, 1.807) is 0 Å². The summed E-state index contributed by atoms with van der Waals surface area (Å²) in [6, 6.07) is 5.05. The van der Waals surface area contributed by atoms with Crippen LogP contribution in [0.4, 0.5) is 38.3 Å². The number of nitrogens with zero attached hydrogens (tertiary/aromatic N) is 1. The number of hydrogen-bond donors (Lipinski definition) is 1. The van der Waals surface area contributed by atoms with Gasteiger partial charge in [-0.05, 0) is 48.5 Å². The van der Waals surface area contributed by atoms with E-state index in [1.807, 2.05) is 5.32 Å². The Balaban J connectivity index is 2.19. The summed E-state index contributed by atoms with van der Waals surface area (Å²) in [5, 5.41) is 4.37. The van der Waals surface area contributed by atoms with Crippen LogP contribution in [0.2, 0.25) is 0 Å². The van der Waals surface area contributed by atoms with Crippen molar-refractivity contribution in [3.05, 3.63) is 59.0 Å². The molecule has 0 aliphatic heterocycles. The highest BCUT2D eigenvalue weighted by Gasteiger charge is 2.65. The van der Waals surface area contributed by atoms with Crippen molar-refractivity contribution in [3.8, 4) is 5.75 Å². The molecule has 0 aliphatic carbocycles. The number of amides is 1. The Morgan fingerprint density at radius 2 is 1.65 bits per heavy atom. The van der Waals surface area contributed by atoms with Gasteiger partial charge < -0.3 is 10.1 Å². The van der Waals surface area contributed by atoms with Gasteiger partial charge in [0.2, 0.25) is 5.54 Å². The van der Waals surface area contributed by atoms with E-state index in [9.17, 15) is 42.3 Å². The molecule has 31 heavy (non-hydrogen) atoms. The van der Waals surface area contributed by atoms with E-state index in [0.717, 1.165) is 31.2 Å². The second kappa shape index (κ2) is 7.07. The van der Waals surface area contributed by atoms with Gasteiger partial charge in [-0.3, -0.25) is 4.79 Å². The van der Waals surface area contributed by atoms with Crippen LogP contribution >= 0.6 is 10.2 Å². The van der Waals surface area contributed by atoms with Gasteiger partial charge in [-0.15, -0.1) is 4.91 Å². The summed E-state index contributed by atoms with van der Waals surface area (Å²) in [5.41, 5.74) is -4.08. The summed E-state index contributed by atoms with van der Waals surface area (Å²) < 4.78 is 108. The predicted octanol–water partition coefficient (Wildman–Crippen LogP) is 6.91. The molecule has 2 aromatic carbocycles. The van der Waals surface area contributed by atoms with E-state index in [1.165, 1.54) is 0 Å². The van der Waals surface area contributed by atoms with Crippen molar-refractivity contribution in [2.24, 2.45) is 5.18 Å². The minimum atomic E-state index is -10.0. The molecule has 172 valence electrons. The first-order valence-electron chi connectivity index (χ1n) is 8.14. The number of carbonyl (C=O) groups excluding carboxylic acids is 1. The van der Waals surface area contributed by atoms with Crippen molar-refractivity contribution in [2.45, 2.75) is 23.5 Å². The molecule has 1 unspecified atom stereocenters. The van der Waals surface area contributed by atoms with Gasteiger partial charge >= 0.3 is 16.4 Å². The molecule has 0 radical (unpaired) electrons. The number of anilines is 1. The normalized spacial score (nSPS) is 16.4. The maximum absolute atomic E-state index is 12.9. The number of hydrogen-bond acceptors (Lipinski definition) is 4. The molecule has 1 amide bonds. The van der Waals surface area contributed by atoms with E-state index in [4.69, 9.17) is 4.74 Å². The number of ether oxygens (including phenoxy) is 1. The maximum Gasteiger partial charge on any atom is 0.416 e. The first-order valence-corrected chi connectivity index (χ1v) is 10.1. The van der Waals surface area contributed by atoms with Crippen LogP contribution in [0.15, 0.2) is 58.6 Å². The fraction of sp³-hybridized carbons (Fsp3) is 0.235. The lowest BCUT2D eigenvalue weighted by Crippen LogP contribution is -2.43. The fourth-order valence-electron chi connectivity index (χ4n) is 2.20. The Bertz CT molecular complexity index is 1010. The summed E-state index contributed by atoms with van der Waals surface area (Å²) in [6.07, 6.45) is -4.68. The summed E-state index contributed by atoms with van der Waals surface area (Å²) in [6.45, 7) is 0.0160. The van der Waals surface area contributed by atoms with E-state index >= 15 is 0 Å². The van der Waals surface area contributed by atoms with Crippen LogP contribution in [0.5, 0.6) is 5.75 Å². The molecule has 14 heteroatoms. The van der Waals surface area contributed by atoms with E-state index < -0.39 is 50.6 Å². The third kappa shape index (κ3) is 6.29. The number of halogens is 8. The molecular weight excluding hydrogens is 464 g/mol. The highest BCUT2D eigenvalue weighted by Crippen LogP contribution is 3.02. The quantitative estimate of drug-likeness (QED) is 0.348. The van der Waals surface area contributed by atoms with Gasteiger partial charge in [-0.25, -0.2) is 0 Å². The Hall–Kier alpha value is -2.90. The summed E-state index contributed by atoms with van der Waals surface area (Å²) in [5.74, 6) is -1.69. The molecule has 0 heterocycles. The predicted molar refractivity (Wildman–Crippen MR) is 97.6 cm³/mol. The number of carbonyl (C=O) groups is 1. The van der Waals surface area contributed by atoms with Gasteiger partial charge in [0, 0.05) is 5.69 Å². The van der Waals surface area contributed by atoms with E-state index in [2.05, 4.69) is 5.18 Å². The first-order chi connectivity index (χ1) is 13.8. The van der Waals surface area contributed by atoms with Gasteiger partial charge in [0.15, 0.2) is 0 Å². The van der Waals surface area contributed by atoms with Crippen LogP contribution < -0.4 is 10.1 Å². The topological polar surface area (TPSA) is 67.8 Å². The molecule has 0 saturated heterocycles. The van der Waals surface area contributed by atoms with Crippen molar-refractivity contribution >= 4 is 21.8 Å². The highest BCUT2D eigenvalue weighted by atomic mass is 32.5. The Kier molecular flexibility index (Phi) is 5.56. The zero-order chi connectivity index (χ0) is 23.8. The van der Waals surface area contributed by atoms with Crippen molar-refractivity contribution in [1.82, 2.24) is 0 Å². The highest BCUT2D eigenvalue weighted by molar-refractivity contribution is 8.45. The molecule has 2 aromatic rings. The zero-order valence-electron chi connectivity index (χ0n) is 15.4. The van der Waals surface area contributed by atoms with Crippen LogP contribution in [0.1, 0.15) is 12.5 Å². The minimum Gasteiger partial charge on any atom is -0.490 e. The Morgan fingerprint density at radius 3 is 2.19 bits per heavy atom. The lowest BCUT2D eigenvalue weighted by Gasteiger charge is -2.40. The van der Waals surface area contributed by atoms with Gasteiger partial charge in [0.05, 0.1) is 5.56 Å². The molecule has 0 aliphatic rings. The van der Waals surface area contributed by atoms with Crippen LogP contribution in [-0.2, 0) is 11.0 Å². The standard InChI is InChI=1S/C17H14F8N2O3S/c1-16(27-29,10-30-13-6-2-4-11(8-13)17(18,19)20)15(28)26-12-5-3-7-14(9-12)31(21,22,23,24)25/h2-9H,10H2,1H3,(H,26,28). The number of nitroso groups, excluding NO2 is 1. The van der Waals surface area contributed by atoms with Gasteiger partial charge in [0.1, 0.15) is 17.3 Å². The van der Waals surface area contributed by atoms with Gasteiger partial charge in [-0.1, -0.05) is 31.6 Å². The number of benzene rings is 2. The molecule has 0 fully saturated rings. The van der Waals surface area contributed by atoms with E-state index in [-0.39, 0.29) is 17.9 Å². The maximum atomic E-state index is 12.9. The fourth-order valence-corrected chi connectivity index (χ4v) is 2.88. The number of alkyl halides is 3. The van der Waals surface area contributed by atoms with Crippen molar-refractivity contribution < 1.29 is 42.1 Å². The molecule has 0 bridgehead atoms. The van der Waals surface area contributed by atoms with E-state index in [0.29, 0.717) is 12.1 Å². The van der Waals surface area contributed by atoms with Crippen LogP contribution in [0, 0.1) is 4.91 Å². The minimum absolute atomic E-state index is 0.0155. The molecule has 1 atom stereocenters. The summed E-state index contributed by atoms with van der Waals surface area (Å²) in [7, 11) is -10.0. The molecular formula is C17H14F8N2O3S. The second-order valence-electron chi connectivity index (χ2n) is 6.63. The molecule has 5 nitrogen and oxygen atoms in total. The Morgan fingerprint density at radius 1 is 1.03 bits per heavy atom. The van der Waals surface area contributed by atoms with Crippen LogP contribution in [0.25, 0.3) is 0 Å². The lowest BCUT2D eigenvalue weighted by molar-refractivity contribution is -0.137. The van der Waals surface area contributed by atoms with Crippen LogP contribution in [0.3, 0.4) is 0 Å². The van der Waals surface area contributed by atoms with Crippen LogP contribution in [-0.4, -0.2) is 18.1 Å². The smallest absolute Gasteiger partial charge is 0.416 e. The number of rotatable bonds is 7. The largest absolute Gasteiger partial charge is 0.490 e. The van der Waals surface area contributed by atoms with Crippen molar-refractivity contribution in [3.63, 3.8) is 0 Å². The number of nitrogens with one attached hydrogen (secondary N) is 1. The lowest BCUT2D eigenvalue weighted by atomic mass is 10.0. The average molecular weight is 478 g/mol. The van der Waals surface area contributed by atoms with Crippen molar-refractivity contribution in [2.75, 3.05) is 11.9 Å².